The van der Waals surface area contributed by atoms with Crippen molar-refractivity contribution in [2.24, 2.45) is 10.4 Å². The summed E-state index contributed by atoms with van der Waals surface area (Å²) in [6, 6.07) is 8.39. The topological polar surface area (TPSA) is 65.9 Å². The van der Waals surface area contributed by atoms with Crippen molar-refractivity contribution in [1.29, 1.82) is 0 Å². The van der Waals surface area contributed by atoms with Crippen molar-refractivity contribution in [3.63, 3.8) is 0 Å². The smallest absolute Gasteiger partial charge is 0.191 e. The third-order valence-corrected chi connectivity index (χ3v) is 5.49. The van der Waals surface area contributed by atoms with Crippen molar-refractivity contribution in [3.8, 4) is 5.75 Å². The van der Waals surface area contributed by atoms with Crippen LogP contribution in [0.2, 0.25) is 0 Å². The van der Waals surface area contributed by atoms with E-state index in [4.69, 9.17) is 9.73 Å². The van der Waals surface area contributed by atoms with E-state index in [0.29, 0.717) is 13.2 Å². The molecule has 0 amide bonds. The van der Waals surface area contributed by atoms with Crippen LogP contribution < -0.4 is 15.4 Å². The van der Waals surface area contributed by atoms with Crippen LogP contribution in [0.15, 0.2) is 29.3 Å². The molecule has 3 rings (SSSR count). The third kappa shape index (κ3) is 5.03. The van der Waals surface area contributed by atoms with Gasteiger partial charge in [0.2, 0.25) is 0 Å². The Hall–Kier alpha value is -1.02. The van der Waals surface area contributed by atoms with Gasteiger partial charge in [0.1, 0.15) is 5.75 Å². The van der Waals surface area contributed by atoms with Gasteiger partial charge in [-0.3, -0.25) is 4.99 Å². The van der Waals surface area contributed by atoms with Gasteiger partial charge < -0.3 is 20.5 Å². The van der Waals surface area contributed by atoms with Crippen LogP contribution in [-0.2, 0) is 0 Å². The summed E-state index contributed by atoms with van der Waals surface area (Å²) in [7, 11) is 0. The highest BCUT2D eigenvalue weighted by atomic mass is 127. The van der Waals surface area contributed by atoms with Gasteiger partial charge in [0.15, 0.2) is 5.96 Å². The van der Waals surface area contributed by atoms with E-state index in [-0.39, 0.29) is 41.5 Å². The van der Waals surface area contributed by atoms with E-state index in [1.807, 2.05) is 18.2 Å². The van der Waals surface area contributed by atoms with Gasteiger partial charge in [0.05, 0.1) is 25.3 Å². The number of halogens is 1. The summed E-state index contributed by atoms with van der Waals surface area (Å²) in [5.41, 5.74) is 1.07. The maximum absolute atomic E-state index is 10.4. The first kappa shape index (κ1) is 21.3. The Bertz CT molecular complexity index is 610. The number of benzene rings is 1. The fraction of sp³-hybridized carbons (Fsp3) is 0.650. The van der Waals surface area contributed by atoms with Crippen molar-refractivity contribution in [2.75, 3.05) is 19.7 Å². The zero-order valence-electron chi connectivity index (χ0n) is 15.8. The Balaban J connectivity index is 0.00000243. The van der Waals surface area contributed by atoms with Gasteiger partial charge in [0.25, 0.3) is 0 Å². The summed E-state index contributed by atoms with van der Waals surface area (Å²) in [6.45, 7) is 6.41. The second kappa shape index (κ2) is 9.78. The Kier molecular flexibility index (Phi) is 8.01. The minimum atomic E-state index is -0.253. The lowest BCUT2D eigenvalue weighted by Crippen LogP contribution is -2.43. The minimum Gasteiger partial charge on any atom is -0.493 e. The molecule has 1 aromatic rings. The average Bonchev–Trinajstić information content (AvgIpc) is 2.63. The molecule has 2 aliphatic rings. The highest BCUT2D eigenvalue weighted by Gasteiger charge is 2.35. The standard InChI is InChI=1S/C20H31N3O2.HI/c1-3-21-19(22-14-20(2)12-7-6-10-18(20)24)23-16-11-13-25-17-9-5-4-8-15(16)17;/h4-5,8-9,16,18,24H,3,6-7,10-14H2,1-2H3,(H2,21,22,23);1H. The summed E-state index contributed by atoms with van der Waals surface area (Å²) < 4.78 is 5.75. The predicted molar refractivity (Wildman–Crippen MR) is 116 cm³/mol. The summed E-state index contributed by atoms with van der Waals surface area (Å²) in [5.74, 6) is 1.78. The molecular formula is C20H32IN3O2. The predicted octanol–water partition coefficient (Wildman–Crippen LogP) is 3.62. The average molecular weight is 473 g/mol. The van der Waals surface area contributed by atoms with Gasteiger partial charge >= 0.3 is 0 Å². The molecule has 3 atom stereocenters. The lowest BCUT2D eigenvalue weighted by molar-refractivity contribution is 0.00715. The van der Waals surface area contributed by atoms with Crippen LogP contribution in [0.1, 0.15) is 57.6 Å². The number of rotatable bonds is 4. The normalized spacial score (nSPS) is 28.3. The van der Waals surface area contributed by atoms with E-state index in [1.54, 1.807) is 0 Å². The first-order valence-corrected chi connectivity index (χ1v) is 9.57. The second-order valence-corrected chi connectivity index (χ2v) is 7.48. The SMILES string of the molecule is CCNC(=NCC1(C)CCCCC1O)NC1CCOc2ccccc21.I. The molecule has 26 heavy (non-hydrogen) atoms. The fourth-order valence-corrected chi connectivity index (χ4v) is 3.80. The van der Waals surface area contributed by atoms with Crippen molar-refractivity contribution in [2.45, 2.75) is 58.1 Å². The monoisotopic (exact) mass is 473 g/mol. The number of aliphatic hydroxyl groups excluding tert-OH is 1. The van der Waals surface area contributed by atoms with Gasteiger partial charge in [-0.05, 0) is 25.8 Å². The molecule has 1 saturated carbocycles. The van der Waals surface area contributed by atoms with Crippen LogP contribution in [0.5, 0.6) is 5.75 Å². The molecule has 0 radical (unpaired) electrons. The van der Waals surface area contributed by atoms with E-state index >= 15 is 0 Å². The highest BCUT2D eigenvalue weighted by molar-refractivity contribution is 14.0. The van der Waals surface area contributed by atoms with Gasteiger partial charge in [-0.25, -0.2) is 0 Å². The summed E-state index contributed by atoms with van der Waals surface area (Å²) >= 11 is 0. The van der Waals surface area contributed by atoms with Crippen LogP contribution in [-0.4, -0.2) is 36.9 Å². The first-order chi connectivity index (χ1) is 12.1. The quantitative estimate of drug-likeness (QED) is 0.355. The minimum absolute atomic E-state index is 0. The Morgan fingerprint density at radius 3 is 2.88 bits per heavy atom. The van der Waals surface area contributed by atoms with Crippen molar-refractivity contribution >= 4 is 29.9 Å². The van der Waals surface area contributed by atoms with Crippen LogP contribution in [0.3, 0.4) is 0 Å². The first-order valence-electron chi connectivity index (χ1n) is 9.57. The van der Waals surface area contributed by atoms with Gasteiger partial charge in [-0.1, -0.05) is 38.0 Å². The van der Waals surface area contributed by atoms with E-state index in [2.05, 4.69) is 30.5 Å². The number of aliphatic imine (C=N–C) groups is 1. The zero-order valence-corrected chi connectivity index (χ0v) is 18.2. The number of aliphatic hydroxyl groups is 1. The molecule has 0 bridgehead atoms. The molecule has 3 N–H and O–H groups in total. The summed E-state index contributed by atoms with van der Waals surface area (Å²) in [4.78, 5) is 4.82. The molecule has 6 heteroatoms. The van der Waals surface area contributed by atoms with Crippen LogP contribution in [0, 0.1) is 5.41 Å². The van der Waals surface area contributed by atoms with Crippen molar-refractivity contribution in [3.05, 3.63) is 29.8 Å². The van der Waals surface area contributed by atoms with Crippen LogP contribution in [0.25, 0.3) is 0 Å². The lowest BCUT2D eigenvalue weighted by atomic mass is 9.73. The number of hydrogen-bond acceptors (Lipinski definition) is 3. The molecule has 0 saturated heterocycles. The molecule has 1 aliphatic carbocycles. The molecule has 5 nitrogen and oxygen atoms in total. The zero-order chi connectivity index (χ0) is 17.7. The van der Waals surface area contributed by atoms with Crippen molar-refractivity contribution < 1.29 is 9.84 Å². The number of nitrogens with one attached hydrogen (secondary N) is 2. The van der Waals surface area contributed by atoms with Crippen LogP contribution in [0.4, 0.5) is 0 Å². The second-order valence-electron chi connectivity index (χ2n) is 7.48. The van der Waals surface area contributed by atoms with Gasteiger partial charge in [-0.15, -0.1) is 24.0 Å². The maximum atomic E-state index is 10.4. The maximum Gasteiger partial charge on any atom is 0.191 e. The Morgan fingerprint density at radius 2 is 2.12 bits per heavy atom. The number of ether oxygens (including phenoxy) is 1. The van der Waals surface area contributed by atoms with E-state index in [1.165, 1.54) is 12.0 Å². The molecular weight excluding hydrogens is 441 g/mol. The van der Waals surface area contributed by atoms with Crippen LogP contribution >= 0.6 is 24.0 Å². The molecule has 0 spiro atoms. The number of nitrogens with zero attached hydrogens (tertiary/aromatic N) is 1. The highest BCUT2D eigenvalue weighted by Crippen LogP contribution is 2.36. The molecule has 0 aromatic heterocycles. The van der Waals surface area contributed by atoms with E-state index in [0.717, 1.165) is 43.9 Å². The number of para-hydroxylation sites is 1. The molecule has 1 heterocycles. The number of guanidine groups is 1. The molecule has 146 valence electrons. The van der Waals surface area contributed by atoms with Gasteiger partial charge in [-0.2, -0.15) is 0 Å². The van der Waals surface area contributed by atoms with Gasteiger partial charge in [0, 0.05) is 23.9 Å². The molecule has 1 fully saturated rings. The number of fused-ring (bicyclic) bond motifs is 1. The molecule has 1 aliphatic heterocycles. The Labute approximate surface area is 174 Å². The third-order valence-electron chi connectivity index (χ3n) is 5.49. The Morgan fingerprint density at radius 1 is 1.31 bits per heavy atom. The largest absolute Gasteiger partial charge is 0.493 e. The van der Waals surface area contributed by atoms with Crippen molar-refractivity contribution in [1.82, 2.24) is 10.6 Å². The molecule has 3 unspecified atom stereocenters. The summed E-state index contributed by atoms with van der Waals surface area (Å²) in [5, 5.41) is 17.3. The number of hydrogen-bond donors (Lipinski definition) is 3. The molecule has 1 aromatic carbocycles. The lowest BCUT2D eigenvalue weighted by Gasteiger charge is -2.37. The fourth-order valence-electron chi connectivity index (χ4n) is 3.80. The summed E-state index contributed by atoms with van der Waals surface area (Å²) in [6.07, 6.45) is 4.90. The van der Waals surface area contributed by atoms with E-state index in [9.17, 15) is 5.11 Å². The van der Waals surface area contributed by atoms with E-state index < -0.39 is 0 Å².